The molecule has 1 aromatic carbocycles. The van der Waals surface area contributed by atoms with Crippen molar-refractivity contribution in [3.63, 3.8) is 0 Å². The van der Waals surface area contributed by atoms with Crippen LogP contribution >= 0.6 is 0 Å². The third-order valence-corrected chi connectivity index (χ3v) is 8.91. The largest absolute Gasteiger partial charge is 0.416 e. The molecular formula is C30H39F3N8O. The van der Waals surface area contributed by atoms with Crippen LogP contribution in [0.5, 0.6) is 0 Å². The number of rotatable bonds is 7. The number of piperazine rings is 1. The van der Waals surface area contributed by atoms with Crippen molar-refractivity contribution in [2.75, 3.05) is 24.6 Å². The molecule has 4 aromatic rings. The van der Waals surface area contributed by atoms with Gasteiger partial charge in [-0.1, -0.05) is 32.9 Å². The summed E-state index contributed by atoms with van der Waals surface area (Å²) in [4.78, 5) is 14.8. The Morgan fingerprint density at radius 1 is 1.10 bits per heavy atom. The molecule has 1 unspecified atom stereocenters. The van der Waals surface area contributed by atoms with E-state index >= 15 is 0 Å². The van der Waals surface area contributed by atoms with E-state index in [0.717, 1.165) is 60.8 Å². The SMILES string of the molecule is CC[C@@H]1CN(c2nc3nncn3c3c2nc(C)n3CC2CCCO2)[C@@H](C)CN1[C@H](c1ccc(C(F)(F)F)cc1)C(C)C. The highest BCUT2D eigenvalue weighted by Crippen LogP contribution is 2.38. The van der Waals surface area contributed by atoms with E-state index in [4.69, 9.17) is 14.7 Å². The Balaban J connectivity index is 1.36. The fourth-order valence-corrected chi connectivity index (χ4v) is 6.85. The molecule has 4 atom stereocenters. The Morgan fingerprint density at radius 2 is 1.86 bits per heavy atom. The summed E-state index contributed by atoms with van der Waals surface area (Å²) in [5.74, 6) is 2.42. The fraction of sp³-hybridized carbons (Fsp3) is 0.600. The number of fused-ring (bicyclic) bond motifs is 3. The minimum absolute atomic E-state index is 0.0124. The van der Waals surface area contributed by atoms with Crippen LogP contribution in [0.2, 0.25) is 0 Å². The van der Waals surface area contributed by atoms with Gasteiger partial charge >= 0.3 is 6.18 Å². The fourth-order valence-electron chi connectivity index (χ4n) is 6.85. The average molecular weight is 585 g/mol. The van der Waals surface area contributed by atoms with E-state index in [1.807, 2.05) is 11.3 Å². The number of aromatic nitrogens is 6. The topological polar surface area (TPSA) is 76.6 Å². The molecule has 0 radical (unpaired) electrons. The lowest BCUT2D eigenvalue weighted by molar-refractivity contribution is -0.137. The van der Waals surface area contributed by atoms with E-state index < -0.39 is 11.7 Å². The van der Waals surface area contributed by atoms with Gasteiger partial charge in [-0.05, 0) is 56.7 Å². The minimum atomic E-state index is -4.35. The van der Waals surface area contributed by atoms with Gasteiger partial charge < -0.3 is 14.2 Å². The van der Waals surface area contributed by atoms with Gasteiger partial charge in [0.25, 0.3) is 5.78 Å². The van der Waals surface area contributed by atoms with Crippen molar-refractivity contribution in [2.24, 2.45) is 5.92 Å². The first kappa shape index (κ1) is 28.9. The molecule has 42 heavy (non-hydrogen) atoms. The lowest BCUT2D eigenvalue weighted by Crippen LogP contribution is -2.59. The lowest BCUT2D eigenvalue weighted by atomic mass is 9.90. The highest BCUT2D eigenvalue weighted by Gasteiger charge is 2.39. The van der Waals surface area contributed by atoms with Crippen LogP contribution in [0.3, 0.4) is 0 Å². The second-order valence-electron chi connectivity index (χ2n) is 12.1. The molecule has 2 aliphatic heterocycles. The van der Waals surface area contributed by atoms with Gasteiger partial charge in [-0.2, -0.15) is 18.2 Å². The van der Waals surface area contributed by atoms with E-state index in [1.165, 1.54) is 12.1 Å². The van der Waals surface area contributed by atoms with Crippen molar-refractivity contribution >= 4 is 22.8 Å². The van der Waals surface area contributed by atoms with Crippen molar-refractivity contribution in [3.8, 4) is 0 Å². The Hall–Kier alpha value is -3.25. The van der Waals surface area contributed by atoms with Gasteiger partial charge in [-0.3, -0.25) is 4.90 Å². The van der Waals surface area contributed by atoms with Crippen LogP contribution < -0.4 is 4.90 Å². The molecule has 0 aliphatic carbocycles. The van der Waals surface area contributed by atoms with Crippen molar-refractivity contribution in [3.05, 3.63) is 47.5 Å². The number of ether oxygens (including phenoxy) is 1. The first-order chi connectivity index (χ1) is 20.1. The van der Waals surface area contributed by atoms with Crippen LogP contribution in [0.15, 0.2) is 30.6 Å². The summed E-state index contributed by atoms with van der Waals surface area (Å²) < 4.78 is 49.9. The maximum atomic E-state index is 13.3. The smallest absolute Gasteiger partial charge is 0.376 e. The summed E-state index contributed by atoms with van der Waals surface area (Å²) in [6.07, 6.45) is 0.460. The first-order valence-corrected chi connectivity index (χ1v) is 14.9. The molecule has 12 heteroatoms. The number of benzene rings is 1. The molecule has 0 N–H and O–H groups in total. The monoisotopic (exact) mass is 584 g/mol. The number of nitrogens with zero attached hydrogens (tertiary/aromatic N) is 8. The second kappa shape index (κ2) is 11.1. The Kier molecular flexibility index (Phi) is 7.63. The molecule has 3 aromatic heterocycles. The van der Waals surface area contributed by atoms with Crippen LogP contribution in [0.4, 0.5) is 19.0 Å². The standard InChI is InChI=1S/C30H39F3N8O/c1-6-23-15-38(19(4)14-40(23)26(18(2)3)21-9-11-22(12-10-21)30(31,32)33)27-25-28(41-17-34-37-29(41)36-27)39(20(5)35-25)16-24-8-7-13-42-24/h9-12,17-19,23-24,26H,6-8,13-16H2,1-5H3/t19-,23+,24?,26-/m0/s1. The maximum Gasteiger partial charge on any atom is 0.416 e. The van der Waals surface area contributed by atoms with Gasteiger partial charge in [0.1, 0.15) is 17.7 Å². The highest BCUT2D eigenvalue weighted by atomic mass is 19.4. The zero-order valence-corrected chi connectivity index (χ0v) is 24.8. The van der Waals surface area contributed by atoms with Gasteiger partial charge in [0.15, 0.2) is 11.5 Å². The van der Waals surface area contributed by atoms with Crippen molar-refractivity contribution in [1.82, 2.24) is 34.0 Å². The van der Waals surface area contributed by atoms with Crippen LogP contribution in [0.25, 0.3) is 16.9 Å². The number of halogens is 3. The quantitative estimate of drug-likeness (QED) is 0.277. The zero-order valence-electron chi connectivity index (χ0n) is 24.8. The van der Waals surface area contributed by atoms with Gasteiger partial charge in [-0.25, -0.2) is 9.38 Å². The molecule has 5 heterocycles. The van der Waals surface area contributed by atoms with Crippen LogP contribution in [-0.4, -0.2) is 71.9 Å². The molecular weight excluding hydrogens is 545 g/mol. The summed E-state index contributed by atoms with van der Waals surface area (Å²) in [6.45, 7) is 13.6. The Morgan fingerprint density at radius 3 is 2.50 bits per heavy atom. The number of alkyl halides is 3. The molecule has 0 saturated carbocycles. The predicted octanol–water partition coefficient (Wildman–Crippen LogP) is 5.67. The molecule has 2 saturated heterocycles. The van der Waals surface area contributed by atoms with Crippen molar-refractivity contribution < 1.29 is 17.9 Å². The summed E-state index contributed by atoms with van der Waals surface area (Å²) in [6, 6.07) is 5.92. The van der Waals surface area contributed by atoms with Crippen LogP contribution in [0.1, 0.15) is 70.0 Å². The van der Waals surface area contributed by atoms with E-state index in [9.17, 15) is 13.2 Å². The van der Waals surface area contributed by atoms with E-state index in [0.29, 0.717) is 18.9 Å². The van der Waals surface area contributed by atoms with E-state index in [2.05, 4.69) is 52.3 Å². The van der Waals surface area contributed by atoms with Crippen molar-refractivity contribution in [2.45, 2.75) is 90.8 Å². The van der Waals surface area contributed by atoms with Gasteiger partial charge in [0.2, 0.25) is 0 Å². The molecule has 2 aliphatic rings. The highest BCUT2D eigenvalue weighted by molar-refractivity contribution is 5.87. The van der Waals surface area contributed by atoms with Gasteiger partial charge in [0.05, 0.1) is 18.2 Å². The number of hydrogen-bond acceptors (Lipinski definition) is 7. The zero-order chi connectivity index (χ0) is 29.8. The average Bonchev–Trinajstić information content (AvgIpc) is 3.69. The van der Waals surface area contributed by atoms with E-state index in [-0.39, 0.29) is 30.1 Å². The lowest BCUT2D eigenvalue weighted by Gasteiger charge is -2.50. The number of hydrogen-bond donors (Lipinski definition) is 0. The molecule has 226 valence electrons. The molecule has 0 amide bonds. The molecule has 6 rings (SSSR count). The molecule has 9 nitrogen and oxygen atoms in total. The minimum Gasteiger partial charge on any atom is -0.376 e. The summed E-state index contributed by atoms with van der Waals surface area (Å²) in [7, 11) is 0. The maximum absolute atomic E-state index is 13.3. The van der Waals surface area contributed by atoms with Crippen LogP contribution in [-0.2, 0) is 17.5 Å². The molecule has 0 bridgehead atoms. The third-order valence-electron chi connectivity index (χ3n) is 8.91. The third kappa shape index (κ3) is 5.12. The van der Waals surface area contributed by atoms with Gasteiger partial charge in [0, 0.05) is 37.8 Å². The molecule has 2 fully saturated rings. The van der Waals surface area contributed by atoms with Crippen LogP contribution in [0, 0.1) is 12.8 Å². The predicted molar refractivity (Wildman–Crippen MR) is 154 cm³/mol. The number of anilines is 1. The summed E-state index contributed by atoms with van der Waals surface area (Å²) in [5.41, 5.74) is 2.02. The summed E-state index contributed by atoms with van der Waals surface area (Å²) in [5, 5.41) is 8.47. The number of imidazole rings is 1. The normalized spacial score (nSPS) is 23.1. The van der Waals surface area contributed by atoms with Crippen molar-refractivity contribution in [1.29, 1.82) is 0 Å². The first-order valence-electron chi connectivity index (χ1n) is 14.9. The Bertz CT molecular complexity index is 1540. The van der Waals surface area contributed by atoms with Gasteiger partial charge in [-0.15, -0.1) is 10.2 Å². The number of aryl methyl sites for hydroxylation is 1. The molecule has 0 spiro atoms. The summed E-state index contributed by atoms with van der Waals surface area (Å²) >= 11 is 0. The van der Waals surface area contributed by atoms with E-state index in [1.54, 1.807) is 18.5 Å². The Labute approximate surface area is 243 Å². The second-order valence-corrected chi connectivity index (χ2v) is 12.1.